The Balaban J connectivity index is 1.87. The van der Waals surface area contributed by atoms with E-state index < -0.39 is 6.09 Å². The van der Waals surface area contributed by atoms with Crippen LogP contribution in [0.15, 0.2) is 0 Å². The average molecular weight is 184 g/mol. The SMILES string of the molecule is O=C(O)N1CCC[C@H](C2CNC2)C1. The monoisotopic (exact) mass is 184 g/mol. The molecule has 0 saturated carbocycles. The molecule has 2 heterocycles. The van der Waals surface area contributed by atoms with Gasteiger partial charge in [0.2, 0.25) is 0 Å². The number of hydrogen-bond donors (Lipinski definition) is 2. The van der Waals surface area contributed by atoms with E-state index in [2.05, 4.69) is 5.32 Å². The Morgan fingerprint density at radius 1 is 1.38 bits per heavy atom. The average Bonchev–Trinajstić information content (AvgIpc) is 2.01. The van der Waals surface area contributed by atoms with Crippen LogP contribution in [0.5, 0.6) is 0 Å². The largest absolute Gasteiger partial charge is 0.465 e. The molecule has 2 aliphatic rings. The molecule has 1 amide bonds. The van der Waals surface area contributed by atoms with Crippen molar-refractivity contribution in [2.45, 2.75) is 12.8 Å². The maximum absolute atomic E-state index is 10.7. The minimum Gasteiger partial charge on any atom is -0.465 e. The van der Waals surface area contributed by atoms with Gasteiger partial charge in [-0.2, -0.15) is 0 Å². The molecule has 2 fully saturated rings. The second-order valence-electron chi connectivity index (χ2n) is 4.05. The van der Waals surface area contributed by atoms with Gasteiger partial charge in [0, 0.05) is 13.1 Å². The summed E-state index contributed by atoms with van der Waals surface area (Å²) in [5, 5.41) is 12.1. The number of likely N-dealkylation sites (tertiary alicyclic amines) is 1. The minimum absolute atomic E-state index is 0.603. The molecule has 0 aromatic carbocycles. The van der Waals surface area contributed by atoms with Crippen LogP contribution in [0.2, 0.25) is 0 Å². The smallest absolute Gasteiger partial charge is 0.407 e. The number of amides is 1. The predicted molar refractivity (Wildman–Crippen MR) is 48.7 cm³/mol. The summed E-state index contributed by atoms with van der Waals surface area (Å²) in [5.41, 5.74) is 0. The lowest BCUT2D eigenvalue weighted by Crippen LogP contribution is -2.51. The Kier molecular flexibility index (Phi) is 2.40. The summed E-state index contributed by atoms with van der Waals surface area (Å²) in [6.07, 6.45) is 1.49. The predicted octanol–water partition coefficient (Wildman–Crippen LogP) is 0.596. The van der Waals surface area contributed by atoms with Gasteiger partial charge in [-0.25, -0.2) is 4.79 Å². The van der Waals surface area contributed by atoms with Gasteiger partial charge in [-0.05, 0) is 37.8 Å². The van der Waals surface area contributed by atoms with Gasteiger partial charge in [-0.3, -0.25) is 0 Å². The first-order chi connectivity index (χ1) is 6.27. The van der Waals surface area contributed by atoms with Crippen LogP contribution in [-0.4, -0.2) is 42.3 Å². The van der Waals surface area contributed by atoms with E-state index in [4.69, 9.17) is 5.11 Å². The number of nitrogens with one attached hydrogen (secondary N) is 1. The minimum atomic E-state index is -0.753. The van der Waals surface area contributed by atoms with E-state index in [0.717, 1.165) is 38.5 Å². The second-order valence-corrected chi connectivity index (χ2v) is 4.05. The normalized spacial score (nSPS) is 29.8. The zero-order valence-corrected chi connectivity index (χ0v) is 7.70. The van der Waals surface area contributed by atoms with Crippen molar-refractivity contribution in [3.05, 3.63) is 0 Å². The molecule has 2 rings (SSSR count). The van der Waals surface area contributed by atoms with Gasteiger partial charge in [-0.1, -0.05) is 0 Å². The van der Waals surface area contributed by atoms with Gasteiger partial charge >= 0.3 is 6.09 Å². The molecule has 0 aliphatic carbocycles. The van der Waals surface area contributed by atoms with Crippen molar-refractivity contribution < 1.29 is 9.90 Å². The highest BCUT2D eigenvalue weighted by atomic mass is 16.4. The molecule has 4 nitrogen and oxygen atoms in total. The van der Waals surface area contributed by atoms with Crippen LogP contribution in [0, 0.1) is 11.8 Å². The molecule has 74 valence electrons. The molecule has 0 aromatic rings. The summed E-state index contributed by atoms with van der Waals surface area (Å²) in [5.74, 6) is 1.33. The quantitative estimate of drug-likeness (QED) is 0.627. The van der Waals surface area contributed by atoms with Crippen LogP contribution >= 0.6 is 0 Å². The maximum Gasteiger partial charge on any atom is 0.407 e. The summed E-state index contributed by atoms with van der Waals surface area (Å²) < 4.78 is 0. The van der Waals surface area contributed by atoms with Crippen molar-refractivity contribution in [3.63, 3.8) is 0 Å². The number of piperidine rings is 1. The summed E-state index contributed by atoms with van der Waals surface area (Å²) in [7, 11) is 0. The molecule has 1 atom stereocenters. The lowest BCUT2D eigenvalue weighted by atomic mass is 9.82. The number of carboxylic acid groups (broad SMARTS) is 1. The summed E-state index contributed by atoms with van der Waals surface area (Å²) in [4.78, 5) is 12.3. The Morgan fingerprint density at radius 3 is 2.69 bits per heavy atom. The van der Waals surface area contributed by atoms with Gasteiger partial charge in [-0.15, -0.1) is 0 Å². The fraction of sp³-hybridized carbons (Fsp3) is 0.889. The number of carbonyl (C=O) groups is 1. The van der Waals surface area contributed by atoms with E-state index in [0.29, 0.717) is 5.92 Å². The molecule has 2 aliphatic heterocycles. The van der Waals surface area contributed by atoms with Gasteiger partial charge in [0.15, 0.2) is 0 Å². The molecule has 13 heavy (non-hydrogen) atoms. The number of hydrogen-bond acceptors (Lipinski definition) is 2. The Hall–Kier alpha value is -0.770. The topological polar surface area (TPSA) is 52.6 Å². The Morgan fingerprint density at radius 2 is 2.15 bits per heavy atom. The zero-order chi connectivity index (χ0) is 9.26. The fourth-order valence-corrected chi connectivity index (χ4v) is 2.21. The molecule has 2 saturated heterocycles. The van der Waals surface area contributed by atoms with E-state index in [9.17, 15) is 4.79 Å². The number of rotatable bonds is 1. The van der Waals surface area contributed by atoms with Gasteiger partial charge in [0.1, 0.15) is 0 Å². The standard InChI is InChI=1S/C9H16N2O2/c12-9(13)11-3-1-2-7(6-11)8-4-10-5-8/h7-8,10H,1-6H2,(H,12,13)/t7-/m0/s1. The van der Waals surface area contributed by atoms with Crippen LogP contribution in [-0.2, 0) is 0 Å². The summed E-state index contributed by atoms with van der Waals surface area (Å²) in [6.45, 7) is 3.64. The van der Waals surface area contributed by atoms with Crippen molar-refractivity contribution in [1.29, 1.82) is 0 Å². The van der Waals surface area contributed by atoms with Crippen molar-refractivity contribution in [1.82, 2.24) is 10.2 Å². The van der Waals surface area contributed by atoms with E-state index >= 15 is 0 Å². The van der Waals surface area contributed by atoms with Gasteiger partial charge in [0.05, 0.1) is 0 Å². The number of nitrogens with zero attached hydrogens (tertiary/aromatic N) is 1. The zero-order valence-electron chi connectivity index (χ0n) is 7.70. The van der Waals surface area contributed by atoms with Crippen LogP contribution < -0.4 is 5.32 Å². The first-order valence-corrected chi connectivity index (χ1v) is 4.96. The van der Waals surface area contributed by atoms with Gasteiger partial charge < -0.3 is 15.3 Å². The highest BCUT2D eigenvalue weighted by Gasteiger charge is 2.32. The molecule has 0 radical (unpaired) electrons. The van der Waals surface area contributed by atoms with E-state index in [1.54, 1.807) is 4.90 Å². The lowest BCUT2D eigenvalue weighted by Gasteiger charge is -2.40. The highest BCUT2D eigenvalue weighted by molar-refractivity contribution is 5.65. The highest BCUT2D eigenvalue weighted by Crippen LogP contribution is 2.26. The lowest BCUT2D eigenvalue weighted by molar-refractivity contribution is 0.0919. The third-order valence-corrected chi connectivity index (χ3v) is 3.21. The molecule has 0 spiro atoms. The molecule has 0 aromatic heterocycles. The van der Waals surface area contributed by atoms with Crippen LogP contribution in [0.3, 0.4) is 0 Å². The van der Waals surface area contributed by atoms with E-state index in [1.807, 2.05) is 0 Å². The molecule has 2 N–H and O–H groups in total. The van der Waals surface area contributed by atoms with Gasteiger partial charge in [0.25, 0.3) is 0 Å². The first-order valence-electron chi connectivity index (χ1n) is 4.96. The Bertz CT molecular complexity index is 204. The van der Waals surface area contributed by atoms with Crippen molar-refractivity contribution >= 4 is 6.09 Å². The summed E-state index contributed by atoms with van der Waals surface area (Å²) in [6, 6.07) is 0. The molecule has 0 bridgehead atoms. The maximum atomic E-state index is 10.7. The third-order valence-electron chi connectivity index (χ3n) is 3.21. The molecular weight excluding hydrogens is 168 g/mol. The Labute approximate surface area is 77.9 Å². The van der Waals surface area contributed by atoms with Crippen molar-refractivity contribution in [3.8, 4) is 0 Å². The molecular formula is C9H16N2O2. The fourth-order valence-electron chi connectivity index (χ4n) is 2.21. The van der Waals surface area contributed by atoms with E-state index in [1.165, 1.54) is 6.42 Å². The van der Waals surface area contributed by atoms with Crippen LogP contribution in [0.4, 0.5) is 4.79 Å². The third kappa shape index (κ3) is 1.77. The van der Waals surface area contributed by atoms with Crippen molar-refractivity contribution in [2.24, 2.45) is 11.8 Å². The first kappa shape index (κ1) is 8.81. The summed E-state index contributed by atoms with van der Waals surface area (Å²) >= 11 is 0. The van der Waals surface area contributed by atoms with E-state index in [-0.39, 0.29) is 0 Å². The molecule has 4 heteroatoms. The van der Waals surface area contributed by atoms with Crippen molar-refractivity contribution in [2.75, 3.05) is 26.2 Å². The van der Waals surface area contributed by atoms with Crippen LogP contribution in [0.25, 0.3) is 0 Å². The second kappa shape index (κ2) is 3.54. The van der Waals surface area contributed by atoms with Crippen LogP contribution in [0.1, 0.15) is 12.8 Å². The molecule has 0 unspecified atom stereocenters.